The molecule has 1 aliphatic heterocycles. The lowest BCUT2D eigenvalue weighted by atomic mass is 9.86. The quantitative estimate of drug-likeness (QED) is 0.296. The van der Waals surface area contributed by atoms with Crippen molar-refractivity contribution in [3.63, 3.8) is 0 Å². The fraction of sp³-hybridized carbons (Fsp3) is 0.556. The number of likely N-dealkylation sites (tertiary alicyclic amines) is 1. The molecule has 3 rings (SSSR count). The van der Waals surface area contributed by atoms with Crippen LogP contribution in [-0.2, 0) is 34.5 Å². The SMILES string of the molecule is Cc1ncsc1-c1ccc(CNC(=O)[C@@H]2C[C@@H](OC(=O)OC[C@@H](C)SS(C)(=O)=O)CN2C(=O)C(N)C(C)(C)C)cc1. The number of ether oxygens (including phenoxy) is 2. The van der Waals surface area contributed by atoms with E-state index in [0.29, 0.717) is 10.8 Å². The molecule has 1 aromatic carbocycles. The van der Waals surface area contributed by atoms with Crippen LogP contribution < -0.4 is 11.1 Å². The van der Waals surface area contributed by atoms with Gasteiger partial charge in [0.1, 0.15) is 18.8 Å². The second-order valence-corrected chi connectivity index (χ2v) is 16.8. The molecule has 2 amide bonds. The third-order valence-corrected chi connectivity index (χ3v) is 10.3. The molecule has 2 aromatic rings. The first-order valence-corrected chi connectivity index (χ1v) is 17.3. The van der Waals surface area contributed by atoms with E-state index < -0.39 is 49.8 Å². The number of thiazole rings is 1. The van der Waals surface area contributed by atoms with Crippen LogP contribution in [0.5, 0.6) is 0 Å². The summed E-state index contributed by atoms with van der Waals surface area (Å²) in [6, 6.07) is 6.02. The Morgan fingerprint density at radius 1 is 1.24 bits per heavy atom. The molecule has 0 saturated carbocycles. The smallest absolute Gasteiger partial charge is 0.433 e. The van der Waals surface area contributed by atoms with E-state index in [1.165, 1.54) is 4.90 Å². The van der Waals surface area contributed by atoms with Crippen LogP contribution in [0.3, 0.4) is 0 Å². The number of carbonyl (C=O) groups is 3. The number of benzene rings is 1. The maximum absolute atomic E-state index is 13.3. The van der Waals surface area contributed by atoms with Gasteiger partial charge in [-0.1, -0.05) is 45.0 Å². The van der Waals surface area contributed by atoms with Crippen LogP contribution in [0.1, 0.15) is 45.4 Å². The van der Waals surface area contributed by atoms with Gasteiger partial charge in [-0.25, -0.2) is 18.2 Å². The normalized spacial score (nSPS) is 19.0. The highest BCUT2D eigenvalue weighted by molar-refractivity contribution is 8.72. The zero-order valence-electron chi connectivity index (χ0n) is 24.1. The van der Waals surface area contributed by atoms with Gasteiger partial charge in [-0.3, -0.25) is 9.59 Å². The Morgan fingerprint density at radius 2 is 1.90 bits per heavy atom. The molecule has 226 valence electrons. The first kappa shape index (κ1) is 32.8. The lowest BCUT2D eigenvalue weighted by molar-refractivity contribution is -0.141. The molecule has 2 heterocycles. The Hall–Kier alpha value is -2.68. The topological polar surface area (TPSA) is 158 Å². The van der Waals surface area contributed by atoms with Gasteiger partial charge in [0.25, 0.3) is 0 Å². The number of aromatic nitrogens is 1. The lowest BCUT2D eigenvalue weighted by Gasteiger charge is -2.32. The largest absolute Gasteiger partial charge is 0.508 e. The first-order valence-electron chi connectivity index (χ1n) is 13.1. The number of aryl methyl sites for hydroxylation is 1. The zero-order valence-corrected chi connectivity index (χ0v) is 26.5. The molecule has 1 fully saturated rings. The summed E-state index contributed by atoms with van der Waals surface area (Å²) < 4.78 is 33.3. The summed E-state index contributed by atoms with van der Waals surface area (Å²) in [4.78, 5) is 45.7. The third kappa shape index (κ3) is 9.42. The molecule has 14 heteroatoms. The minimum atomic E-state index is -3.31. The van der Waals surface area contributed by atoms with Crippen LogP contribution in [0.25, 0.3) is 10.4 Å². The molecule has 11 nitrogen and oxygen atoms in total. The third-order valence-electron chi connectivity index (χ3n) is 6.51. The Labute approximate surface area is 248 Å². The van der Waals surface area contributed by atoms with Crippen molar-refractivity contribution in [2.45, 2.75) is 71.0 Å². The van der Waals surface area contributed by atoms with Crippen LogP contribution in [0.4, 0.5) is 4.79 Å². The molecule has 0 spiro atoms. The number of carbonyl (C=O) groups excluding carboxylic acids is 3. The second kappa shape index (κ2) is 13.5. The molecule has 0 aliphatic carbocycles. The van der Waals surface area contributed by atoms with Gasteiger partial charge in [0, 0.05) is 19.2 Å². The van der Waals surface area contributed by atoms with Gasteiger partial charge in [0.2, 0.25) is 11.8 Å². The molecule has 1 aromatic heterocycles. The van der Waals surface area contributed by atoms with Gasteiger partial charge in [0.15, 0.2) is 8.87 Å². The number of nitrogens with zero attached hydrogens (tertiary/aromatic N) is 2. The monoisotopic (exact) mass is 626 g/mol. The number of nitrogens with one attached hydrogen (secondary N) is 1. The summed E-state index contributed by atoms with van der Waals surface area (Å²) in [5.74, 6) is -0.806. The van der Waals surface area contributed by atoms with Gasteiger partial charge in [-0.05, 0) is 41.2 Å². The number of hydrogen-bond acceptors (Lipinski definition) is 11. The highest BCUT2D eigenvalue weighted by Gasteiger charge is 2.44. The van der Waals surface area contributed by atoms with Gasteiger partial charge in [-0.2, -0.15) is 0 Å². The van der Waals surface area contributed by atoms with E-state index in [2.05, 4.69) is 10.3 Å². The standard InChI is InChI=1S/C27H38N4O7S3/c1-16(40-41(6,35)36)14-37-26(34)38-20-11-21(31(13-20)25(33)23(28)27(3,4)5)24(32)29-12-18-7-9-19(10-8-18)22-17(2)30-15-39-22/h7-10,15-16,20-21,23H,11-14,28H2,1-6H3,(H,29,32)/t16-,20-,21+,23?/m1/s1. The van der Waals surface area contributed by atoms with Gasteiger partial charge in [0.05, 0.1) is 33.9 Å². The predicted molar refractivity (Wildman–Crippen MR) is 160 cm³/mol. The van der Waals surface area contributed by atoms with E-state index in [0.717, 1.165) is 28.0 Å². The molecule has 0 bridgehead atoms. The maximum Gasteiger partial charge on any atom is 0.508 e. The molecule has 3 N–H and O–H groups in total. The van der Waals surface area contributed by atoms with Crippen molar-refractivity contribution in [2.75, 3.05) is 19.4 Å². The summed E-state index contributed by atoms with van der Waals surface area (Å²) in [6.07, 6.45) is -0.654. The summed E-state index contributed by atoms with van der Waals surface area (Å²) >= 11 is 1.56. The van der Waals surface area contributed by atoms with Gasteiger partial charge >= 0.3 is 6.16 Å². The highest BCUT2D eigenvalue weighted by Crippen LogP contribution is 2.28. The van der Waals surface area contributed by atoms with E-state index in [-0.39, 0.29) is 32.0 Å². The van der Waals surface area contributed by atoms with Crippen LogP contribution in [0.2, 0.25) is 0 Å². The van der Waals surface area contributed by atoms with Crippen LogP contribution in [-0.4, -0.2) is 79.1 Å². The van der Waals surface area contributed by atoms with Crippen LogP contribution >= 0.6 is 22.1 Å². The summed E-state index contributed by atoms with van der Waals surface area (Å²) in [5.41, 5.74) is 10.4. The molecule has 1 aliphatic rings. The fourth-order valence-corrected chi connectivity index (χ4v) is 7.75. The molecule has 0 radical (unpaired) electrons. The minimum Gasteiger partial charge on any atom is -0.433 e. The fourth-order valence-electron chi connectivity index (χ4n) is 4.27. The van der Waals surface area contributed by atoms with Crippen LogP contribution in [0.15, 0.2) is 29.8 Å². The minimum absolute atomic E-state index is 0.0215. The van der Waals surface area contributed by atoms with Crippen molar-refractivity contribution in [1.82, 2.24) is 15.2 Å². The highest BCUT2D eigenvalue weighted by atomic mass is 33.1. The van der Waals surface area contributed by atoms with Crippen molar-refractivity contribution >= 4 is 49.0 Å². The van der Waals surface area contributed by atoms with E-state index in [4.69, 9.17) is 15.2 Å². The number of hydrogen-bond donors (Lipinski definition) is 2. The molecule has 4 atom stereocenters. The Bertz CT molecular complexity index is 1340. The summed E-state index contributed by atoms with van der Waals surface area (Å²) in [5, 5.41) is 2.39. The van der Waals surface area contributed by atoms with Crippen molar-refractivity contribution < 1.29 is 32.3 Å². The summed E-state index contributed by atoms with van der Waals surface area (Å²) in [7, 11) is -2.63. The van der Waals surface area contributed by atoms with E-state index >= 15 is 0 Å². The number of amides is 2. The number of rotatable bonds is 10. The maximum atomic E-state index is 13.3. The van der Waals surface area contributed by atoms with E-state index in [1.54, 1.807) is 23.8 Å². The van der Waals surface area contributed by atoms with Crippen molar-refractivity contribution in [1.29, 1.82) is 0 Å². The van der Waals surface area contributed by atoms with Crippen LogP contribution in [0, 0.1) is 12.3 Å². The Morgan fingerprint density at radius 3 is 2.46 bits per heavy atom. The summed E-state index contributed by atoms with van der Waals surface area (Å²) in [6.45, 7) is 9.11. The number of nitrogens with two attached hydrogens (primary N) is 1. The van der Waals surface area contributed by atoms with Gasteiger partial charge in [-0.15, -0.1) is 11.3 Å². The zero-order chi connectivity index (χ0) is 30.5. The average molecular weight is 627 g/mol. The molecule has 1 saturated heterocycles. The molecule has 1 unspecified atom stereocenters. The molecule has 41 heavy (non-hydrogen) atoms. The molecular weight excluding hydrogens is 589 g/mol. The molecular formula is C27H38N4O7S3. The van der Waals surface area contributed by atoms with Crippen molar-refractivity contribution in [3.8, 4) is 10.4 Å². The second-order valence-electron chi connectivity index (χ2n) is 11.2. The predicted octanol–water partition coefficient (Wildman–Crippen LogP) is 3.31. The van der Waals surface area contributed by atoms with Crippen molar-refractivity contribution in [3.05, 3.63) is 41.0 Å². The Balaban J connectivity index is 1.65. The Kier molecular flexibility index (Phi) is 10.8. The van der Waals surface area contributed by atoms with E-state index in [9.17, 15) is 22.8 Å². The van der Waals surface area contributed by atoms with Crippen molar-refractivity contribution in [2.24, 2.45) is 11.1 Å². The van der Waals surface area contributed by atoms with E-state index in [1.807, 2.05) is 52.0 Å². The first-order chi connectivity index (χ1) is 19.0. The average Bonchev–Trinajstić information content (AvgIpc) is 3.50. The lowest BCUT2D eigenvalue weighted by Crippen LogP contribution is -2.54. The van der Waals surface area contributed by atoms with Gasteiger partial charge < -0.3 is 25.4 Å².